The second kappa shape index (κ2) is 9.70. The molecule has 0 fully saturated rings. The molecule has 0 saturated carbocycles. The van der Waals surface area contributed by atoms with E-state index >= 15 is 0 Å². The molecule has 0 aliphatic rings. The minimum Gasteiger partial charge on any atom is -0.495 e. The van der Waals surface area contributed by atoms with Crippen LogP contribution in [0.3, 0.4) is 0 Å². The van der Waals surface area contributed by atoms with Crippen LogP contribution < -0.4 is 14.8 Å². The second-order valence-electron chi connectivity index (χ2n) is 7.32. The number of nitro benzene ring substituents is 1. The van der Waals surface area contributed by atoms with Crippen LogP contribution in [0.4, 0.5) is 11.4 Å². The lowest BCUT2D eigenvalue weighted by molar-refractivity contribution is -0.384. The molecule has 0 radical (unpaired) electrons. The van der Waals surface area contributed by atoms with E-state index < -0.39 is 14.9 Å². The van der Waals surface area contributed by atoms with Crippen molar-refractivity contribution in [3.63, 3.8) is 0 Å². The van der Waals surface area contributed by atoms with Crippen LogP contribution in [-0.2, 0) is 10.0 Å². The Kier molecular flexibility index (Phi) is 6.98. The summed E-state index contributed by atoms with van der Waals surface area (Å²) in [5.41, 5.74) is 1.97. The molecule has 3 aromatic carbocycles. The average Bonchev–Trinajstić information content (AvgIpc) is 2.79. The maximum atomic E-state index is 12.8. The van der Waals surface area contributed by atoms with E-state index in [-0.39, 0.29) is 34.0 Å². The fourth-order valence-corrected chi connectivity index (χ4v) is 4.37. The number of hydrogen-bond donors (Lipinski definition) is 2. The molecule has 1 amide bonds. The van der Waals surface area contributed by atoms with Gasteiger partial charge in [-0.1, -0.05) is 24.3 Å². The lowest BCUT2D eigenvalue weighted by Crippen LogP contribution is -2.27. The number of nitro groups is 1. The quantitative estimate of drug-likeness (QED) is 0.376. The third-order valence-corrected chi connectivity index (χ3v) is 6.45. The van der Waals surface area contributed by atoms with Crippen molar-refractivity contribution in [3.05, 3.63) is 93.5 Å². The largest absolute Gasteiger partial charge is 0.495 e. The van der Waals surface area contributed by atoms with Crippen molar-refractivity contribution >= 4 is 27.3 Å². The monoisotopic (exact) mass is 469 g/mol. The fraction of sp³-hybridized carbons (Fsp3) is 0.174. The first kappa shape index (κ1) is 23.7. The maximum Gasteiger partial charge on any atom is 0.271 e. The molecule has 3 rings (SSSR count). The van der Waals surface area contributed by atoms with Crippen molar-refractivity contribution in [1.29, 1.82) is 0 Å². The van der Waals surface area contributed by atoms with E-state index in [0.29, 0.717) is 5.56 Å². The van der Waals surface area contributed by atoms with Crippen molar-refractivity contribution in [3.8, 4) is 5.75 Å². The molecule has 33 heavy (non-hydrogen) atoms. The highest BCUT2D eigenvalue weighted by atomic mass is 32.2. The number of hydrogen-bond acceptors (Lipinski definition) is 6. The lowest BCUT2D eigenvalue weighted by Gasteiger charge is -2.17. The number of methoxy groups -OCH3 is 1. The summed E-state index contributed by atoms with van der Waals surface area (Å²) >= 11 is 0. The molecule has 0 spiro atoms. The Morgan fingerprint density at radius 2 is 1.73 bits per heavy atom. The summed E-state index contributed by atoms with van der Waals surface area (Å²) in [4.78, 5) is 22.9. The Labute approximate surface area is 191 Å². The van der Waals surface area contributed by atoms with Gasteiger partial charge in [0.05, 0.1) is 28.7 Å². The molecule has 1 atom stereocenters. The zero-order valence-electron chi connectivity index (χ0n) is 18.2. The molecule has 0 heterocycles. The number of nitrogens with one attached hydrogen (secondary N) is 2. The SMILES string of the molecule is COc1ccc([N+](=O)[O-])cc1NS(=O)(=O)c1ccc(C(=O)NC(C)c2ccccc2C)cc1. The summed E-state index contributed by atoms with van der Waals surface area (Å²) in [6.07, 6.45) is 0. The molecular weight excluding hydrogens is 446 g/mol. The number of carbonyl (C=O) groups is 1. The predicted octanol–water partition coefficient (Wildman–Crippen LogP) is 4.20. The molecule has 0 aromatic heterocycles. The highest BCUT2D eigenvalue weighted by Gasteiger charge is 2.20. The van der Waals surface area contributed by atoms with Gasteiger partial charge in [-0.05, 0) is 55.3 Å². The van der Waals surface area contributed by atoms with Crippen molar-refractivity contribution < 1.29 is 22.9 Å². The fourth-order valence-electron chi connectivity index (χ4n) is 3.31. The number of amides is 1. The van der Waals surface area contributed by atoms with Gasteiger partial charge in [-0.25, -0.2) is 8.42 Å². The van der Waals surface area contributed by atoms with Gasteiger partial charge in [0.1, 0.15) is 5.75 Å². The maximum absolute atomic E-state index is 12.8. The van der Waals surface area contributed by atoms with E-state index in [0.717, 1.165) is 17.2 Å². The van der Waals surface area contributed by atoms with E-state index in [1.807, 2.05) is 38.1 Å². The molecule has 0 saturated heterocycles. The first-order valence-corrected chi connectivity index (χ1v) is 11.4. The summed E-state index contributed by atoms with van der Waals surface area (Å²) in [5, 5.41) is 13.9. The summed E-state index contributed by atoms with van der Waals surface area (Å²) < 4.78 is 33.0. The molecule has 2 N–H and O–H groups in total. The standard InChI is InChI=1S/C23H23N3O6S/c1-15-6-4-5-7-20(15)16(2)24-23(27)17-8-11-19(12-9-17)33(30,31)25-21-14-18(26(28)29)10-13-22(21)32-3/h4-14,16,25H,1-3H3,(H,24,27). The Morgan fingerprint density at radius 1 is 1.06 bits per heavy atom. The zero-order chi connectivity index (χ0) is 24.2. The van der Waals surface area contributed by atoms with E-state index in [1.165, 1.54) is 43.5 Å². The molecule has 172 valence electrons. The minimum atomic E-state index is -4.09. The third-order valence-electron chi connectivity index (χ3n) is 5.07. The van der Waals surface area contributed by atoms with Gasteiger partial charge in [0, 0.05) is 17.7 Å². The Morgan fingerprint density at radius 3 is 2.33 bits per heavy atom. The Bertz CT molecular complexity index is 1290. The van der Waals surface area contributed by atoms with Crippen molar-refractivity contribution in [2.75, 3.05) is 11.8 Å². The minimum absolute atomic E-state index is 0.0689. The van der Waals surface area contributed by atoms with Crippen molar-refractivity contribution in [1.82, 2.24) is 5.32 Å². The third kappa shape index (κ3) is 5.47. The molecule has 0 aliphatic heterocycles. The summed E-state index contributed by atoms with van der Waals surface area (Å²) in [7, 11) is -2.76. The van der Waals surface area contributed by atoms with Crippen LogP contribution in [0.25, 0.3) is 0 Å². The molecule has 0 aliphatic carbocycles. The van der Waals surface area contributed by atoms with Gasteiger partial charge in [0.2, 0.25) is 0 Å². The van der Waals surface area contributed by atoms with Crippen molar-refractivity contribution in [2.45, 2.75) is 24.8 Å². The van der Waals surface area contributed by atoms with E-state index in [1.54, 1.807) is 0 Å². The van der Waals surface area contributed by atoms with Gasteiger partial charge in [0.15, 0.2) is 0 Å². The average molecular weight is 470 g/mol. The van der Waals surface area contributed by atoms with Gasteiger partial charge in [0.25, 0.3) is 21.6 Å². The van der Waals surface area contributed by atoms with Crippen LogP contribution in [0, 0.1) is 17.0 Å². The van der Waals surface area contributed by atoms with Crippen LogP contribution >= 0.6 is 0 Å². The molecular formula is C23H23N3O6S. The molecule has 0 bridgehead atoms. The Balaban J connectivity index is 1.78. The highest BCUT2D eigenvalue weighted by molar-refractivity contribution is 7.92. The van der Waals surface area contributed by atoms with Crippen LogP contribution in [0.15, 0.2) is 71.6 Å². The lowest BCUT2D eigenvalue weighted by atomic mass is 10.0. The Hall–Kier alpha value is -3.92. The molecule has 3 aromatic rings. The van der Waals surface area contributed by atoms with Gasteiger partial charge >= 0.3 is 0 Å². The number of carbonyl (C=O) groups excluding carboxylic acids is 1. The predicted molar refractivity (Wildman–Crippen MR) is 124 cm³/mol. The number of benzene rings is 3. The molecule has 10 heteroatoms. The second-order valence-corrected chi connectivity index (χ2v) is 9.01. The number of aryl methyl sites for hydroxylation is 1. The number of non-ortho nitro benzene ring substituents is 1. The number of nitrogens with zero attached hydrogens (tertiary/aromatic N) is 1. The summed E-state index contributed by atoms with van der Waals surface area (Å²) in [5.74, 6) is -0.214. The first-order valence-electron chi connectivity index (χ1n) is 9.94. The molecule has 9 nitrogen and oxygen atoms in total. The van der Waals surface area contributed by atoms with Gasteiger partial charge in [-0.3, -0.25) is 19.6 Å². The van der Waals surface area contributed by atoms with E-state index in [4.69, 9.17) is 4.74 Å². The smallest absolute Gasteiger partial charge is 0.271 e. The number of rotatable bonds is 8. The van der Waals surface area contributed by atoms with Crippen LogP contribution in [0.5, 0.6) is 5.75 Å². The number of sulfonamides is 1. The van der Waals surface area contributed by atoms with Gasteiger partial charge in [-0.15, -0.1) is 0 Å². The van der Waals surface area contributed by atoms with E-state index in [2.05, 4.69) is 10.0 Å². The number of ether oxygens (including phenoxy) is 1. The highest BCUT2D eigenvalue weighted by Crippen LogP contribution is 2.31. The van der Waals surface area contributed by atoms with Crippen molar-refractivity contribution in [2.24, 2.45) is 0 Å². The van der Waals surface area contributed by atoms with Gasteiger partial charge in [-0.2, -0.15) is 0 Å². The van der Waals surface area contributed by atoms with Crippen LogP contribution in [0.2, 0.25) is 0 Å². The summed E-state index contributed by atoms with van der Waals surface area (Å²) in [6.45, 7) is 3.83. The summed E-state index contributed by atoms with van der Waals surface area (Å²) in [6, 6.07) is 16.5. The zero-order valence-corrected chi connectivity index (χ0v) is 19.0. The first-order chi connectivity index (χ1) is 15.6. The van der Waals surface area contributed by atoms with Gasteiger partial charge < -0.3 is 10.1 Å². The normalized spacial score (nSPS) is 12.0. The molecule has 1 unspecified atom stereocenters. The van der Waals surface area contributed by atoms with E-state index in [9.17, 15) is 23.3 Å². The topological polar surface area (TPSA) is 128 Å². The van der Waals surface area contributed by atoms with Crippen LogP contribution in [0.1, 0.15) is 34.5 Å². The number of anilines is 1. The van der Waals surface area contributed by atoms with Crippen LogP contribution in [-0.4, -0.2) is 26.4 Å².